The first kappa shape index (κ1) is 94.1. The van der Waals surface area contributed by atoms with E-state index in [4.69, 9.17) is 78.2 Å². The third-order valence-corrected chi connectivity index (χ3v) is 32.6. The van der Waals surface area contributed by atoms with Gasteiger partial charge in [0.05, 0.1) is 91.1 Å². The summed E-state index contributed by atoms with van der Waals surface area (Å²) in [6.45, 7) is 0. The predicted molar refractivity (Wildman–Crippen MR) is 480 cm³/mol. The van der Waals surface area contributed by atoms with Crippen LogP contribution in [0, 0.1) is 0 Å². The van der Waals surface area contributed by atoms with Crippen molar-refractivity contribution in [2.45, 2.75) is 117 Å². The second-order valence-electron chi connectivity index (χ2n) is 26.1. The van der Waals surface area contributed by atoms with Gasteiger partial charge in [-0.25, -0.2) is 31.0 Å². The maximum Gasteiger partial charge on any atom is 2.00 e. The minimum atomic E-state index is -4.70. The molecule has 17 rings (SSSR count). The van der Waals surface area contributed by atoms with Gasteiger partial charge in [0.1, 0.15) is 0 Å². The van der Waals surface area contributed by atoms with Gasteiger partial charge in [-0.15, -0.1) is 17.3 Å². The summed E-state index contributed by atoms with van der Waals surface area (Å²) < 4.78 is 161. The molecule has 49 heteroatoms. The number of aromatic nitrogens is 8. The minimum Gasteiger partial charge on any atom is -0.357 e. The summed E-state index contributed by atoms with van der Waals surface area (Å²) in [6.07, 6.45) is 0. The van der Waals surface area contributed by atoms with Crippen molar-refractivity contribution in [3.05, 3.63) is 243 Å². The summed E-state index contributed by atoms with van der Waals surface area (Å²) >= 11 is 12.9. The van der Waals surface area contributed by atoms with Crippen LogP contribution in [-0.4, -0.2) is 103 Å². The first-order valence-corrected chi connectivity index (χ1v) is 51.1. The van der Waals surface area contributed by atoms with Gasteiger partial charge in [0.2, 0.25) is 0 Å². The van der Waals surface area contributed by atoms with Crippen molar-refractivity contribution in [2.24, 2.45) is 0 Å². The number of hydrogen-bond donors (Lipinski definition) is 8. The molecule has 2 aliphatic rings. The summed E-state index contributed by atoms with van der Waals surface area (Å²) in [5.41, 5.74) is 1.35. The molecular weight excluding hydrogens is 2030 g/mol. The second kappa shape index (κ2) is 40.8. The van der Waals surface area contributed by atoms with E-state index < -0.39 is 50.3 Å². The third kappa shape index (κ3) is 21.9. The fourth-order valence-electron chi connectivity index (χ4n) is 12.8. The normalized spacial score (nSPS) is 12.2. The van der Waals surface area contributed by atoms with E-state index >= 15 is 0 Å². The Morgan fingerprint density at radius 1 is 0.217 bits per heavy atom. The average Bonchev–Trinajstić information content (AvgIpc) is 1.56. The zero-order valence-corrected chi connectivity index (χ0v) is 77.6. The zero-order chi connectivity index (χ0) is 89.2. The molecular formula is C80H48CuN8O24S16. The van der Waals surface area contributed by atoms with Crippen molar-refractivity contribution in [3.8, 4) is 45.6 Å². The Morgan fingerprint density at radius 3 is 0.543 bits per heavy atom. The summed E-state index contributed by atoms with van der Waals surface area (Å²) in [7, 11) is -18.8. The van der Waals surface area contributed by atoms with Gasteiger partial charge >= 0.3 is 17.1 Å². The topological polar surface area (TPSA) is 478 Å². The van der Waals surface area contributed by atoms with Crippen molar-refractivity contribution in [1.29, 1.82) is 0 Å². The number of fused-ring (bicyclic) bond motifs is 20. The van der Waals surface area contributed by atoms with Crippen molar-refractivity contribution in [2.75, 3.05) is 0 Å². The minimum absolute atomic E-state index is 0. The number of nitrogens with zero attached hydrogens (tertiary/aromatic N) is 8. The van der Waals surface area contributed by atoms with E-state index in [1.54, 1.807) is 84.9 Å². The van der Waals surface area contributed by atoms with Crippen molar-refractivity contribution < 1.29 is 127 Å². The Hall–Kier alpha value is -8.12. The van der Waals surface area contributed by atoms with Crippen LogP contribution in [0.1, 0.15) is 0 Å². The molecule has 1 radical (unpaired) electrons. The van der Waals surface area contributed by atoms with Crippen LogP contribution in [0.4, 0.5) is 0 Å². The molecule has 8 N–H and O–H groups in total. The van der Waals surface area contributed by atoms with Crippen LogP contribution in [0.25, 0.3) is 89.7 Å². The zero-order valence-electron chi connectivity index (χ0n) is 63.6. The molecule has 0 saturated carbocycles. The van der Waals surface area contributed by atoms with E-state index in [0.29, 0.717) is 131 Å². The molecule has 0 unspecified atom stereocenters. The van der Waals surface area contributed by atoms with Gasteiger partial charge in [-0.3, -0.25) is 18.2 Å². The van der Waals surface area contributed by atoms with E-state index in [9.17, 15) is 51.9 Å². The van der Waals surface area contributed by atoms with E-state index in [2.05, 4.69) is 20.2 Å². The smallest absolute Gasteiger partial charge is 0.357 e. The van der Waals surface area contributed by atoms with Crippen LogP contribution >= 0.6 is 142 Å². The van der Waals surface area contributed by atoms with Crippen molar-refractivity contribution in [3.63, 3.8) is 0 Å². The Balaban J connectivity index is 0.0000122. The number of benzene rings is 12. The van der Waals surface area contributed by atoms with Gasteiger partial charge in [0, 0.05) is 164 Å². The molecule has 659 valence electrons. The molecule has 0 atom stereocenters. The molecule has 3 aromatic heterocycles. The Kier molecular flexibility index (Phi) is 29.7. The fourth-order valence-corrected chi connectivity index (χ4v) is 23.8. The first-order valence-electron chi connectivity index (χ1n) is 35.8. The van der Waals surface area contributed by atoms with Gasteiger partial charge in [-0.05, 0) is 243 Å². The Bertz CT molecular complexity index is 7060. The van der Waals surface area contributed by atoms with Gasteiger partial charge < -0.3 is 29.9 Å². The fraction of sp³-hybridized carbons (Fsp3) is 0. The molecule has 0 saturated heterocycles. The monoisotopic (exact) mass is 2080 g/mol. The molecule has 5 heterocycles. The number of hydrogen-bond acceptors (Lipinski definition) is 38. The summed E-state index contributed by atoms with van der Waals surface area (Å²) in [5.74, 6) is -0.0457. The Morgan fingerprint density at radius 2 is 0.372 bits per heavy atom. The van der Waals surface area contributed by atoms with Gasteiger partial charge in [0.15, 0.2) is 0 Å². The van der Waals surface area contributed by atoms with Crippen LogP contribution in [0.5, 0.6) is 0 Å². The SMILES string of the molecule is O=S(=O)(O)c1ccc(Sc2ccc(Sc3ccc(SOOO)cc3)c3c2-c2nc-3nc3[n-]c(nc4nc(nc5[n-]c(n2)c2c(Sc6ccc(S(=O)(=O)O)cc6)ccc(Sc6ccc(S(=O)(=O)O)cc6)c52)-c2c(Sc5ccc(S(=O)(=O)O)cc5)ccc(Sc5ccc(SOOO)cc5)c2-4)c2c(Sc4ccc(SOOO)cc4)ccc(Sc4ccc(SOOO)cc4)c32)cc1.[Cu+2]. The van der Waals surface area contributed by atoms with Gasteiger partial charge in [-0.2, -0.15) is 33.7 Å². The molecule has 0 amide bonds. The largest absolute Gasteiger partial charge is 2.00 e. The molecule has 0 fully saturated rings. The Labute approximate surface area is 791 Å². The van der Waals surface area contributed by atoms with Crippen LogP contribution < -0.4 is 9.97 Å². The van der Waals surface area contributed by atoms with Crippen LogP contribution in [0.3, 0.4) is 0 Å². The molecule has 0 aliphatic carbocycles. The molecule has 32 nitrogen and oxygen atoms in total. The summed E-state index contributed by atoms with van der Waals surface area (Å²) in [6, 6.07) is 64.8. The van der Waals surface area contributed by atoms with Gasteiger partial charge in [-0.1, -0.05) is 114 Å². The van der Waals surface area contributed by atoms with E-state index in [1.807, 2.05) is 60.7 Å². The van der Waals surface area contributed by atoms with Gasteiger partial charge in [0.25, 0.3) is 40.5 Å². The molecule has 2 aliphatic heterocycles. The van der Waals surface area contributed by atoms with Crippen molar-refractivity contribution >= 4 is 227 Å². The van der Waals surface area contributed by atoms with Crippen molar-refractivity contribution in [1.82, 2.24) is 39.9 Å². The molecule has 0 spiro atoms. The van der Waals surface area contributed by atoms with E-state index in [0.717, 1.165) is 71.7 Å². The summed E-state index contributed by atoms with van der Waals surface area (Å²) in [4.78, 5) is 53.6. The predicted octanol–water partition coefficient (Wildman–Crippen LogP) is 22.0. The molecule has 12 aromatic carbocycles. The molecule has 15 aromatic rings. The standard InChI is InChI=1S/C80H48N8O24S16.Cu/c89-105-109-121-49-9-1-41(2-10-49)113-57-33-34-58(114-42-3-11-50(12-4-42)122-110-106-90)66-65(57)73-81-74(66)83-76-68-60(116-44-7-15-52(16-8-44)124-112-108-92)36-38-62(118-46-19-27-54(28-20-46)126(96,97)98)70(68)78(85-76)87-80-72-64(120-48-23-31-56(32-24-48)128(102,103)104)40-39-63(119-47-21-29-55(30-22-47)127(99,100)101)71(72)79(88-80)86-77-69-61(117-45-17-25-53(26-18-45)125(93,94)95)37-35-59(67(69)75(82-73)84-77)115-43-5-13-51(14-6-43)123-111-107-91;/h1-40H,(H8-2,81,82,83,84,85,86,87,88,89,90,91,92,93,94,95,96,97,98,99,100,101,102,103,104);/q-2;+2. The van der Waals surface area contributed by atoms with Crippen LogP contribution in [-0.2, 0) is 95.0 Å². The maximum atomic E-state index is 12.6. The third-order valence-electron chi connectivity index (χ3n) is 18.2. The van der Waals surface area contributed by atoms with Crippen LogP contribution in [0.15, 0.2) is 360 Å². The maximum absolute atomic E-state index is 12.6. The van der Waals surface area contributed by atoms with E-state index in [1.165, 1.54) is 168 Å². The quantitative estimate of drug-likeness (QED) is 0.00638. The first-order chi connectivity index (χ1) is 61.7. The summed E-state index contributed by atoms with van der Waals surface area (Å²) in [5, 5.41) is 53.5. The molecule has 129 heavy (non-hydrogen) atoms. The molecule has 8 bridgehead atoms. The van der Waals surface area contributed by atoms with Crippen LogP contribution in [0.2, 0.25) is 0 Å². The number of rotatable bonds is 32. The average molecular weight is 2080 g/mol. The second-order valence-corrected chi connectivity index (χ2v) is 43.8. The van der Waals surface area contributed by atoms with E-state index in [-0.39, 0.29) is 83.5 Å².